The first-order valence-corrected chi connectivity index (χ1v) is 12.6. The second-order valence-electron chi connectivity index (χ2n) is 8.75. The molecule has 1 aromatic carbocycles. The van der Waals surface area contributed by atoms with E-state index in [2.05, 4.69) is 27.5 Å². The predicted molar refractivity (Wildman–Crippen MR) is 127 cm³/mol. The molecule has 0 aliphatic heterocycles. The molecule has 11 heteroatoms. The second-order valence-corrected chi connectivity index (χ2v) is 10.2. The third-order valence-electron chi connectivity index (χ3n) is 6.48. The number of nitrogens with zero attached hydrogens (tertiary/aromatic N) is 5. The van der Waals surface area contributed by atoms with E-state index in [1.54, 1.807) is 16.4 Å². The predicted octanol–water partition coefficient (Wildman–Crippen LogP) is 2.62. The SMILES string of the molecule is CCCSc1nc(NC2CC2c2ccccc2Cl)c2nnn(C3CC(CO)C(O)C3O)c2n1. The highest BCUT2D eigenvalue weighted by Gasteiger charge is 2.44. The number of halogens is 1. The van der Waals surface area contributed by atoms with Crippen LogP contribution in [0.1, 0.15) is 43.7 Å². The molecule has 0 bridgehead atoms. The Morgan fingerprint density at radius 1 is 1.18 bits per heavy atom. The van der Waals surface area contributed by atoms with Gasteiger partial charge in [-0.25, -0.2) is 14.6 Å². The summed E-state index contributed by atoms with van der Waals surface area (Å²) in [4.78, 5) is 9.39. The maximum absolute atomic E-state index is 10.6. The largest absolute Gasteiger partial charge is 0.396 e. The molecular weight excluding hydrogens is 464 g/mol. The number of rotatable bonds is 8. The smallest absolute Gasteiger partial charge is 0.191 e. The Hall–Kier alpha value is -1.98. The molecule has 5 rings (SSSR count). The molecule has 6 atom stereocenters. The van der Waals surface area contributed by atoms with Crippen LogP contribution < -0.4 is 5.32 Å². The summed E-state index contributed by atoms with van der Waals surface area (Å²) < 4.78 is 1.57. The van der Waals surface area contributed by atoms with Gasteiger partial charge in [0.2, 0.25) is 0 Å². The first-order valence-electron chi connectivity index (χ1n) is 11.3. The Balaban J connectivity index is 1.47. The summed E-state index contributed by atoms with van der Waals surface area (Å²) in [5.41, 5.74) is 2.15. The normalized spacial score (nSPS) is 29.0. The fraction of sp³-hybridized carbons (Fsp3) is 0.545. The van der Waals surface area contributed by atoms with E-state index in [4.69, 9.17) is 16.6 Å². The van der Waals surface area contributed by atoms with Crippen molar-refractivity contribution in [2.75, 3.05) is 17.7 Å². The minimum atomic E-state index is -1.06. The van der Waals surface area contributed by atoms with Crippen LogP contribution in [0.2, 0.25) is 5.02 Å². The Morgan fingerprint density at radius 3 is 2.73 bits per heavy atom. The quantitative estimate of drug-likeness (QED) is 0.278. The van der Waals surface area contributed by atoms with Crippen molar-refractivity contribution in [3.8, 4) is 0 Å². The molecule has 2 heterocycles. The molecule has 3 aromatic rings. The van der Waals surface area contributed by atoms with Gasteiger partial charge in [-0.3, -0.25) is 0 Å². The Kier molecular flexibility index (Phi) is 6.45. The molecule has 9 nitrogen and oxygen atoms in total. The van der Waals surface area contributed by atoms with Crippen LogP contribution in [-0.4, -0.2) is 70.9 Å². The van der Waals surface area contributed by atoms with Gasteiger partial charge in [-0.2, -0.15) is 0 Å². The highest BCUT2D eigenvalue weighted by Crippen LogP contribution is 2.46. The van der Waals surface area contributed by atoms with E-state index in [1.807, 2.05) is 24.3 Å². The molecule has 0 saturated heterocycles. The molecular formula is C22H27ClN6O3S. The van der Waals surface area contributed by atoms with Crippen LogP contribution in [0.4, 0.5) is 5.82 Å². The molecule has 4 N–H and O–H groups in total. The van der Waals surface area contributed by atoms with Crippen molar-refractivity contribution >= 4 is 40.3 Å². The third kappa shape index (κ3) is 4.30. The van der Waals surface area contributed by atoms with Gasteiger partial charge < -0.3 is 20.6 Å². The van der Waals surface area contributed by atoms with Crippen molar-refractivity contribution in [3.63, 3.8) is 0 Å². The Morgan fingerprint density at radius 2 is 2.00 bits per heavy atom. The van der Waals surface area contributed by atoms with Crippen LogP contribution in [0.25, 0.3) is 11.2 Å². The third-order valence-corrected chi connectivity index (χ3v) is 7.87. The van der Waals surface area contributed by atoms with Gasteiger partial charge in [-0.15, -0.1) is 5.10 Å². The molecule has 6 unspecified atom stereocenters. The lowest BCUT2D eigenvalue weighted by Gasteiger charge is -2.17. The van der Waals surface area contributed by atoms with Crippen molar-refractivity contribution in [2.45, 2.75) is 61.6 Å². The summed E-state index contributed by atoms with van der Waals surface area (Å²) in [6.45, 7) is 1.89. The van der Waals surface area contributed by atoms with E-state index in [9.17, 15) is 15.3 Å². The molecule has 2 aliphatic carbocycles. The van der Waals surface area contributed by atoms with Crippen LogP contribution in [-0.2, 0) is 0 Å². The van der Waals surface area contributed by atoms with Gasteiger partial charge in [0.25, 0.3) is 0 Å². The zero-order chi connectivity index (χ0) is 23.1. The minimum absolute atomic E-state index is 0.176. The van der Waals surface area contributed by atoms with Crippen LogP contribution in [0.5, 0.6) is 0 Å². The van der Waals surface area contributed by atoms with Crippen LogP contribution in [0, 0.1) is 5.92 Å². The van der Waals surface area contributed by atoms with Gasteiger partial charge in [-0.05, 0) is 30.9 Å². The standard InChI is InChI=1S/C22H27ClN6O3S/c1-2-7-33-22-25-20(24-15-9-13(15)12-5-3-4-6-14(12)23)17-21(26-22)29(28-27-17)16-8-11(10-30)18(31)19(16)32/h3-6,11,13,15-16,18-19,30-32H,2,7-10H2,1H3,(H,24,25,26). The average molecular weight is 491 g/mol. The number of anilines is 1. The molecule has 0 spiro atoms. The fourth-order valence-corrected chi connectivity index (χ4v) is 5.53. The maximum atomic E-state index is 10.6. The Bertz CT molecular complexity index is 1150. The molecule has 2 aliphatic rings. The minimum Gasteiger partial charge on any atom is -0.396 e. The number of fused-ring (bicyclic) bond motifs is 1. The summed E-state index contributed by atoms with van der Waals surface area (Å²) >= 11 is 7.94. The highest BCUT2D eigenvalue weighted by molar-refractivity contribution is 7.99. The zero-order valence-corrected chi connectivity index (χ0v) is 19.7. The summed E-state index contributed by atoms with van der Waals surface area (Å²) in [5, 5.41) is 43.9. The lowest BCUT2D eigenvalue weighted by Crippen LogP contribution is -2.30. The van der Waals surface area contributed by atoms with Gasteiger partial charge in [0, 0.05) is 35.3 Å². The molecule has 0 amide bonds. The number of thioether (sulfide) groups is 1. The number of aliphatic hydroxyl groups is 3. The van der Waals surface area contributed by atoms with Crippen LogP contribution in [0.15, 0.2) is 29.4 Å². The van der Waals surface area contributed by atoms with E-state index < -0.39 is 24.2 Å². The fourth-order valence-electron chi connectivity index (χ4n) is 4.56. The van der Waals surface area contributed by atoms with Gasteiger partial charge in [0.15, 0.2) is 22.1 Å². The van der Waals surface area contributed by atoms with Gasteiger partial charge >= 0.3 is 0 Å². The number of nitrogens with one attached hydrogen (secondary N) is 1. The number of benzene rings is 1. The highest BCUT2D eigenvalue weighted by atomic mass is 35.5. The molecule has 2 saturated carbocycles. The lowest BCUT2D eigenvalue weighted by atomic mass is 10.1. The van der Waals surface area contributed by atoms with Gasteiger partial charge in [0.1, 0.15) is 6.10 Å². The van der Waals surface area contributed by atoms with Crippen molar-refractivity contribution < 1.29 is 15.3 Å². The van der Waals surface area contributed by atoms with E-state index in [1.165, 1.54) is 0 Å². The number of aliphatic hydroxyl groups excluding tert-OH is 3. The second kappa shape index (κ2) is 9.34. The number of aromatic nitrogens is 5. The van der Waals surface area contributed by atoms with Crippen LogP contribution in [0.3, 0.4) is 0 Å². The van der Waals surface area contributed by atoms with Crippen molar-refractivity contribution in [3.05, 3.63) is 34.9 Å². The van der Waals surface area contributed by atoms with Gasteiger partial charge in [-0.1, -0.05) is 53.7 Å². The monoisotopic (exact) mass is 490 g/mol. The lowest BCUT2D eigenvalue weighted by molar-refractivity contribution is -0.00512. The van der Waals surface area contributed by atoms with E-state index >= 15 is 0 Å². The zero-order valence-electron chi connectivity index (χ0n) is 18.2. The van der Waals surface area contributed by atoms with Crippen molar-refractivity contribution in [1.29, 1.82) is 0 Å². The van der Waals surface area contributed by atoms with Crippen molar-refractivity contribution in [1.82, 2.24) is 25.0 Å². The average Bonchev–Trinajstić information content (AvgIpc) is 3.34. The number of hydrogen-bond donors (Lipinski definition) is 4. The van der Waals surface area contributed by atoms with Crippen LogP contribution >= 0.6 is 23.4 Å². The van der Waals surface area contributed by atoms with E-state index in [-0.39, 0.29) is 12.6 Å². The molecule has 176 valence electrons. The molecule has 2 aromatic heterocycles. The van der Waals surface area contributed by atoms with E-state index in [0.29, 0.717) is 34.5 Å². The topological polar surface area (TPSA) is 129 Å². The van der Waals surface area contributed by atoms with E-state index in [0.717, 1.165) is 29.2 Å². The summed E-state index contributed by atoms with van der Waals surface area (Å²) in [6, 6.07) is 7.52. The Labute approximate surface area is 200 Å². The van der Waals surface area contributed by atoms with Gasteiger partial charge in [0.05, 0.1) is 12.1 Å². The molecule has 2 fully saturated rings. The number of hydrogen-bond acceptors (Lipinski definition) is 9. The van der Waals surface area contributed by atoms with Crippen molar-refractivity contribution in [2.24, 2.45) is 5.92 Å². The first-order chi connectivity index (χ1) is 16.0. The maximum Gasteiger partial charge on any atom is 0.191 e. The summed E-state index contributed by atoms with van der Waals surface area (Å²) in [5.74, 6) is 1.36. The molecule has 0 radical (unpaired) electrons. The first kappa shape index (κ1) is 22.8. The summed E-state index contributed by atoms with van der Waals surface area (Å²) in [6.07, 6.45) is 0.231. The molecule has 33 heavy (non-hydrogen) atoms. The summed E-state index contributed by atoms with van der Waals surface area (Å²) in [7, 11) is 0.